The molecule has 0 bridgehead atoms. The minimum absolute atomic E-state index is 0.505. The fourth-order valence-electron chi connectivity index (χ4n) is 1.67. The zero-order valence-corrected chi connectivity index (χ0v) is 11.3. The smallest absolute Gasteiger partial charge is 0.0716 e. The maximum atomic E-state index is 6.20. The lowest BCUT2D eigenvalue weighted by molar-refractivity contribution is 0.738. The third-order valence-corrected chi connectivity index (χ3v) is 3.40. The summed E-state index contributed by atoms with van der Waals surface area (Å²) in [6.45, 7) is 7.37. The van der Waals surface area contributed by atoms with Crippen LogP contribution in [0.4, 0.5) is 5.69 Å². The second kappa shape index (κ2) is 5.57. The van der Waals surface area contributed by atoms with E-state index in [1.54, 1.807) is 0 Å². The largest absolute Gasteiger partial charge is 0.384 e. The Morgan fingerprint density at radius 1 is 1.40 bits per heavy atom. The third kappa shape index (κ3) is 2.76. The number of anilines is 1. The molecule has 0 fully saturated rings. The highest BCUT2D eigenvalue weighted by atomic mass is 35.5. The average molecular weight is 239 g/mol. The Morgan fingerprint density at radius 2 is 2.07 bits per heavy atom. The van der Waals surface area contributed by atoms with Gasteiger partial charge in [0.05, 0.1) is 21.0 Å². The summed E-state index contributed by atoms with van der Waals surface area (Å²) < 4.78 is 0. The molecule has 1 aromatic carbocycles. The first-order chi connectivity index (χ1) is 7.11. The summed E-state index contributed by atoms with van der Waals surface area (Å²) in [6, 6.07) is 3.94. The van der Waals surface area contributed by atoms with Gasteiger partial charge in [-0.2, -0.15) is 0 Å². The predicted octanol–water partition coefficient (Wildman–Crippen LogP) is 3.08. The molecule has 0 aliphatic rings. The number of halogens is 1. The van der Waals surface area contributed by atoms with Crippen molar-refractivity contribution in [2.75, 3.05) is 11.9 Å². The van der Waals surface area contributed by atoms with Gasteiger partial charge >= 0.3 is 0 Å². The van der Waals surface area contributed by atoms with Crippen molar-refractivity contribution in [3.05, 3.63) is 22.7 Å². The molecular formula is C12H17ClNSi. The summed E-state index contributed by atoms with van der Waals surface area (Å²) in [4.78, 5) is 0. The van der Waals surface area contributed by atoms with Gasteiger partial charge in [0.2, 0.25) is 0 Å². The van der Waals surface area contributed by atoms with Gasteiger partial charge in [-0.25, -0.2) is 0 Å². The molecule has 1 atom stereocenters. The van der Waals surface area contributed by atoms with Gasteiger partial charge in [-0.15, -0.1) is 0 Å². The van der Waals surface area contributed by atoms with Crippen molar-refractivity contribution in [2.24, 2.45) is 0 Å². The van der Waals surface area contributed by atoms with Crippen molar-refractivity contribution in [3.8, 4) is 0 Å². The Bertz CT molecular complexity index is 339. The highest BCUT2D eigenvalue weighted by molar-refractivity contribution is 6.37. The van der Waals surface area contributed by atoms with Crippen LogP contribution in [0.2, 0.25) is 5.02 Å². The van der Waals surface area contributed by atoms with Crippen LogP contribution in [0, 0.1) is 0 Å². The van der Waals surface area contributed by atoms with Gasteiger partial charge in [0.25, 0.3) is 0 Å². The third-order valence-electron chi connectivity index (χ3n) is 2.65. The maximum Gasteiger partial charge on any atom is 0.0716 e. The van der Waals surface area contributed by atoms with Crippen molar-refractivity contribution in [1.82, 2.24) is 0 Å². The van der Waals surface area contributed by atoms with Crippen LogP contribution in [0.25, 0.3) is 0 Å². The highest BCUT2D eigenvalue weighted by Gasteiger charge is 2.14. The van der Waals surface area contributed by atoms with Crippen molar-refractivity contribution in [2.45, 2.75) is 33.1 Å². The number of hydrogen-bond acceptors (Lipinski definition) is 1. The van der Waals surface area contributed by atoms with Gasteiger partial charge in [0.1, 0.15) is 0 Å². The van der Waals surface area contributed by atoms with E-state index in [2.05, 4.69) is 36.3 Å². The first kappa shape index (κ1) is 12.6. The molecule has 0 amide bonds. The molecule has 3 heteroatoms. The first-order valence-electron chi connectivity index (χ1n) is 5.39. The summed E-state index contributed by atoms with van der Waals surface area (Å²) in [5, 5.41) is 5.27. The molecule has 1 N–H and O–H groups in total. The van der Waals surface area contributed by atoms with Gasteiger partial charge in [-0.3, -0.25) is 0 Å². The molecule has 0 spiro atoms. The number of hydrogen-bond donors (Lipinski definition) is 1. The predicted molar refractivity (Wildman–Crippen MR) is 69.7 cm³/mol. The molecule has 1 aromatic rings. The van der Waals surface area contributed by atoms with Crippen LogP contribution in [0.1, 0.15) is 38.7 Å². The molecule has 0 saturated carbocycles. The van der Waals surface area contributed by atoms with E-state index in [4.69, 9.17) is 11.6 Å². The van der Waals surface area contributed by atoms with E-state index in [1.807, 2.05) is 12.1 Å². The molecule has 0 heterocycles. The second-order valence-electron chi connectivity index (χ2n) is 3.72. The standard InChI is InChI=1S/C12H17ClNSi/c1-4-8(3)11-10(15)7-6-9(13)12(11)14-5-2/h6-8,14H,4-5H2,1-3H3. The Kier molecular flexibility index (Phi) is 4.67. The monoisotopic (exact) mass is 238 g/mol. The van der Waals surface area contributed by atoms with Crippen LogP contribution >= 0.6 is 11.6 Å². The molecule has 1 unspecified atom stereocenters. The zero-order chi connectivity index (χ0) is 11.4. The van der Waals surface area contributed by atoms with E-state index in [1.165, 1.54) is 5.56 Å². The number of rotatable bonds is 4. The fourth-order valence-corrected chi connectivity index (χ4v) is 2.35. The molecule has 0 aliphatic heterocycles. The quantitative estimate of drug-likeness (QED) is 0.796. The average Bonchev–Trinajstić information content (AvgIpc) is 2.23. The molecule has 15 heavy (non-hydrogen) atoms. The summed E-state index contributed by atoms with van der Waals surface area (Å²) in [6.07, 6.45) is 1.11. The van der Waals surface area contributed by atoms with Gasteiger partial charge in [-0.05, 0) is 30.9 Å². The Labute approximate surface area is 101 Å². The maximum absolute atomic E-state index is 6.20. The summed E-state index contributed by atoms with van der Waals surface area (Å²) in [5.41, 5.74) is 2.35. The van der Waals surface area contributed by atoms with Crippen LogP contribution < -0.4 is 10.5 Å². The van der Waals surface area contributed by atoms with E-state index in [0.717, 1.165) is 28.9 Å². The second-order valence-corrected chi connectivity index (χ2v) is 4.67. The Hall–Kier alpha value is -0.473. The van der Waals surface area contributed by atoms with Gasteiger partial charge in [-0.1, -0.05) is 36.7 Å². The highest BCUT2D eigenvalue weighted by Crippen LogP contribution is 2.31. The minimum atomic E-state index is 0.505. The van der Waals surface area contributed by atoms with Crippen LogP contribution in [-0.4, -0.2) is 16.8 Å². The van der Waals surface area contributed by atoms with E-state index in [0.29, 0.717) is 5.92 Å². The molecule has 81 valence electrons. The SMILES string of the molecule is CCNc1c(Cl)ccc([Si])c1C(C)CC. The molecule has 0 aromatic heterocycles. The van der Waals surface area contributed by atoms with Gasteiger partial charge in [0.15, 0.2) is 0 Å². The van der Waals surface area contributed by atoms with E-state index in [9.17, 15) is 0 Å². The minimum Gasteiger partial charge on any atom is -0.384 e. The van der Waals surface area contributed by atoms with Crippen LogP contribution in [0.3, 0.4) is 0 Å². The fraction of sp³-hybridized carbons (Fsp3) is 0.500. The van der Waals surface area contributed by atoms with Gasteiger partial charge < -0.3 is 5.32 Å². The molecule has 0 saturated heterocycles. The lowest BCUT2D eigenvalue weighted by atomic mass is 9.96. The topological polar surface area (TPSA) is 12.0 Å². The van der Waals surface area contributed by atoms with E-state index < -0.39 is 0 Å². The molecule has 0 aliphatic carbocycles. The zero-order valence-electron chi connectivity index (χ0n) is 9.52. The van der Waals surface area contributed by atoms with Crippen molar-refractivity contribution < 1.29 is 0 Å². The summed E-state index contributed by atoms with van der Waals surface area (Å²) in [7, 11) is 3.65. The lowest BCUT2D eigenvalue weighted by Gasteiger charge is -2.19. The van der Waals surface area contributed by atoms with E-state index >= 15 is 0 Å². The first-order valence-corrected chi connectivity index (χ1v) is 6.27. The molecule has 1 rings (SSSR count). The molecule has 3 radical (unpaired) electrons. The summed E-state index contributed by atoms with van der Waals surface area (Å²) in [5.74, 6) is 0.505. The van der Waals surface area contributed by atoms with Crippen molar-refractivity contribution >= 4 is 32.7 Å². The van der Waals surface area contributed by atoms with Gasteiger partial charge in [0, 0.05) is 6.54 Å². The normalized spacial score (nSPS) is 12.6. The van der Waals surface area contributed by atoms with Crippen LogP contribution in [-0.2, 0) is 0 Å². The van der Waals surface area contributed by atoms with Crippen molar-refractivity contribution in [3.63, 3.8) is 0 Å². The van der Waals surface area contributed by atoms with Crippen LogP contribution in [0.5, 0.6) is 0 Å². The lowest BCUT2D eigenvalue weighted by Crippen LogP contribution is -2.16. The summed E-state index contributed by atoms with van der Waals surface area (Å²) >= 11 is 6.20. The molecular weight excluding hydrogens is 222 g/mol. The number of benzene rings is 1. The van der Waals surface area contributed by atoms with E-state index in [-0.39, 0.29) is 0 Å². The molecule has 1 nitrogen and oxygen atoms in total. The Balaban J connectivity index is 3.24. The Morgan fingerprint density at radius 3 is 2.60 bits per heavy atom. The van der Waals surface area contributed by atoms with Crippen molar-refractivity contribution in [1.29, 1.82) is 0 Å². The van der Waals surface area contributed by atoms with Crippen LogP contribution in [0.15, 0.2) is 12.1 Å². The number of nitrogens with one attached hydrogen (secondary N) is 1.